The predicted molar refractivity (Wildman–Crippen MR) is 108 cm³/mol. The molecule has 1 N–H and O–H groups in total. The van der Waals surface area contributed by atoms with Crippen molar-refractivity contribution >= 4 is 0 Å². The zero-order valence-electron chi connectivity index (χ0n) is 16.2. The Balaban J connectivity index is 2.15. The summed E-state index contributed by atoms with van der Waals surface area (Å²) in [5, 5.41) is 10.8. The van der Waals surface area contributed by atoms with E-state index in [4.69, 9.17) is 4.74 Å². The Hall–Kier alpha value is -1.12. The van der Waals surface area contributed by atoms with Gasteiger partial charge in [0.2, 0.25) is 0 Å². The van der Waals surface area contributed by atoms with E-state index >= 15 is 0 Å². The Morgan fingerprint density at radius 1 is 0.960 bits per heavy atom. The van der Waals surface area contributed by atoms with Gasteiger partial charge in [0.25, 0.3) is 0 Å². The first-order valence-electron chi connectivity index (χ1n) is 10.1. The van der Waals surface area contributed by atoms with Gasteiger partial charge in [-0.05, 0) is 18.4 Å². The zero-order chi connectivity index (χ0) is 18.2. The maximum Gasteiger partial charge on any atom is 0.0914 e. The third-order valence-electron chi connectivity index (χ3n) is 4.75. The molecule has 0 aliphatic rings. The summed E-state index contributed by atoms with van der Waals surface area (Å²) in [7, 11) is 0. The van der Waals surface area contributed by atoms with Gasteiger partial charge in [0.1, 0.15) is 0 Å². The van der Waals surface area contributed by atoms with Gasteiger partial charge in [-0.1, -0.05) is 101 Å². The molecule has 0 heterocycles. The molecule has 0 saturated carbocycles. The Labute approximate surface area is 155 Å². The van der Waals surface area contributed by atoms with Crippen LogP contribution >= 0.6 is 0 Å². The summed E-state index contributed by atoms with van der Waals surface area (Å²) in [6.45, 7) is 6.98. The summed E-state index contributed by atoms with van der Waals surface area (Å²) in [6.07, 6.45) is 14.9. The minimum atomic E-state index is -0.766. The van der Waals surface area contributed by atoms with Crippen LogP contribution in [0.4, 0.5) is 0 Å². The second-order valence-electron chi connectivity index (χ2n) is 7.27. The van der Waals surface area contributed by atoms with E-state index in [1.54, 1.807) is 6.08 Å². The molecule has 0 spiro atoms. The van der Waals surface area contributed by atoms with E-state index < -0.39 is 5.60 Å². The molecule has 0 unspecified atom stereocenters. The molecule has 0 fully saturated rings. The molecule has 25 heavy (non-hydrogen) atoms. The van der Waals surface area contributed by atoms with E-state index in [-0.39, 0.29) is 0 Å². The first-order valence-corrected chi connectivity index (χ1v) is 10.1. The highest BCUT2D eigenvalue weighted by Crippen LogP contribution is 2.22. The number of hydrogen-bond donors (Lipinski definition) is 1. The van der Waals surface area contributed by atoms with Crippen molar-refractivity contribution in [2.24, 2.45) is 0 Å². The molecule has 0 saturated heterocycles. The Kier molecular flexibility index (Phi) is 12.4. The molecule has 0 aliphatic carbocycles. The average Bonchev–Trinajstić information content (AvgIpc) is 2.61. The van der Waals surface area contributed by atoms with Crippen LogP contribution in [0.1, 0.15) is 83.1 Å². The molecule has 0 aliphatic heterocycles. The summed E-state index contributed by atoms with van der Waals surface area (Å²) >= 11 is 0. The third-order valence-corrected chi connectivity index (χ3v) is 4.75. The lowest BCUT2D eigenvalue weighted by Gasteiger charge is -2.27. The predicted octanol–water partition coefficient (Wildman–Crippen LogP) is 6.43. The Bertz CT molecular complexity index is 429. The highest BCUT2D eigenvalue weighted by atomic mass is 16.5. The summed E-state index contributed by atoms with van der Waals surface area (Å²) in [6, 6.07) is 10.1. The largest absolute Gasteiger partial charge is 0.387 e. The first kappa shape index (κ1) is 21.9. The molecular formula is C23H38O2. The van der Waals surface area contributed by atoms with Gasteiger partial charge in [-0.15, -0.1) is 6.58 Å². The van der Waals surface area contributed by atoms with E-state index in [0.717, 1.165) is 18.4 Å². The molecule has 1 aromatic carbocycles. The van der Waals surface area contributed by atoms with Crippen molar-refractivity contribution in [3.63, 3.8) is 0 Å². The number of hydrogen-bond acceptors (Lipinski definition) is 2. The van der Waals surface area contributed by atoms with Gasteiger partial charge in [0.15, 0.2) is 0 Å². The van der Waals surface area contributed by atoms with Crippen LogP contribution < -0.4 is 0 Å². The minimum absolute atomic E-state index is 0.380. The zero-order valence-corrected chi connectivity index (χ0v) is 16.2. The number of rotatable bonds is 16. The molecule has 2 heteroatoms. The van der Waals surface area contributed by atoms with E-state index in [2.05, 4.69) is 13.5 Å². The van der Waals surface area contributed by atoms with Gasteiger partial charge >= 0.3 is 0 Å². The van der Waals surface area contributed by atoms with Gasteiger partial charge in [0, 0.05) is 0 Å². The van der Waals surface area contributed by atoms with Gasteiger partial charge < -0.3 is 9.84 Å². The van der Waals surface area contributed by atoms with Gasteiger partial charge in [-0.25, -0.2) is 0 Å². The van der Waals surface area contributed by atoms with Crippen LogP contribution in [0.25, 0.3) is 0 Å². The van der Waals surface area contributed by atoms with E-state index in [1.807, 2.05) is 30.3 Å². The molecule has 0 aromatic heterocycles. The lowest BCUT2D eigenvalue weighted by Crippen LogP contribution is -2.34. The molecule has 0 bridgehead atoms. The van der Waals surface area contributed by atoms with Crippen LogP contribution in [0.15, 0.2) is 43.0 Å². The fraction of sp³-hybridized carbons (Fsp3) is 0.652. The van der Waals surface area contributed by atoms with Crippen molar-refractivity contribution in [2.45, 2.75) is 89.8 Å². The van der Waals surface area contributed by atoms with Crippen LogP contribution in [0.2, 0.25) is 0 Å². The van der Waals surface area contributed by atoms with E-state index in [1.165, 1.54) is 51.4 Å². The molecule has 0 amide bonds. The molecular weight excluding hydrogens is 308 g/mol. The first-order chi connectivity index (χ1) is 12.2. The minimum Gasteiger partial charge on any atom is -0.387 e. The fourth-order valence-electron chi connectivity index (χ4n) is 3.20. The maximum absolute atomic E-state index is 10.8. The molecule has 1 atom stereocenters. The lowest BCUT2D eigenvalue weighted by molar-refractivity contribution is -0.0561. The van der Waals surface area contributed by atoms with Crippen molar-refractivity contribution in [3.05, 3.63) is 48.6 Å². The van der Waals surface area contributed by atoms with Crippen LogP contribution in [0.5, 0.6) is 0 Å². The van der Waals surface area contributed by atoms with Crippen molar-refractivity contribution in [2.75, 3.05) is 6.61 Å². The standard InChI is InChI=1S/C23H38O2/c1-3-5-6-7-8-9-10-11-15-19-23(24,18-4-2)21-25-20-22-16-13-12-14-17-22/h4,12-14,16-17,24H,2-3,5-11,15,18-21H2,1H3/t23-/m0/s1. The summed E-state index contributed by atoms with van der Waals surface area (Å²) in [5.41, 5.74) is 0.379. The van der Waals surface area contributed by atoms with Crippen LogP contribution in [0, 0.1) is 0 Å². The number of ether oxygens (including phenoxy) is 1. The van der Waals surface area contributed by atoms with Crippen molar-refractivity contribution in [1.82, 2.24) is 0 Å². The smallest absolute Gasteiger partial charge is 0.0914 e. The highest BCUT2D eigenvalue weighted by Gasteiger charge is 2.25. The SMILES string of the molecule is C=CC[C@](O)(CCCCCCCCCCC)COCc1ccccc1. The van der Waals surface area contributed by atoms with E-state index in [9.17, 15) is 5.11 Å². The second-order valence-corrected chi connectivity index (χ2v) is 7.27. The number of aliphatic hydroxyl groups is 1. The normalized spacial score (nSPS) is 13.5. The van der Waals surface area contributed by atoms with Crippen LogP contribution in [0.3, 0.4) is 0 Å². The summed E-state index contributed by atoms with van der Waals surface area (Å²) in [5.74, 6) is 0. The van der Waals surface area contributed by atoms with E-state index in [0.29, 0.717) is 19.6 Å². The lowest BCUT2D eigenvalue weighted by atomic mass is 9.93. The van der Waals surface area contributed by atoms with Gasteiger partial charge in [-0.3, -0.25) is 0 Å². The van der Waals surface area contributed by atoms with Gasteiger partial charge in [0.05, 0.1) is 18.8 Å². The molecule has 1 aromatic rings. The quantitative estimate of drug-likeness (QED) is 0.276. The molecule has 2 nitrogen and oxygen atoms in total. The second kappa shape index (κ2) is 14.1. The van der Waals surface area contributed by atoms with Crippen molar-refractivity contribution in [3.8, 4) is 0 Å². The molecule has 1 rings (SSSR count). The monoisotopic (exact) mass is 346 g/mol. The summed E-state index contributed by atoms with van der Waals surface area (Å²) in [4.78, 5) is 0. The summed E-state index contributed by atoms with van der Waals surface area (Å²) < 4.78 is 5.77. The average molecular weight is 347 g/mol. The topological polar surface area (TPSA) is 29.5 Å². The van der Waals surface area contributed by atoms with Crippen LogP contribution in [-0.2, 0) is 11.3 Å². The van der Waals surface area contributed by atoms with Crippen LogP contribution in [-0.4, -0.2) is 17.3 Å². The van der Waals surface area contributed by atoms with Crippen molar-refractivity contribution in [1.29, 1.82) is 0 Å². The fourth-order valence-corrected chi connectivity index (χ4v) is 3.20. The molecule has 0 radical (unpaired) electrons. The third kappa shape index (κ3) is 11.2. The van der Waals surface area contributed by atoms with Crippen molar-refractivity contribution < 1.29 is 9.84 Å². The molecule has 142 valence electrons. The Morgan fingerprint density at radius 2 is 1.56 bits per heavy atom. The number of unbranched alkanes of at least 4 members (excludes halogenated alkanes) is 8. The van der Waals surface area contributed by atoms with Gasteiger partial charge in [-0.2, -0.15) is 0 Å². The Morgan fingerprint density at radius 3 is 2.16 bits per heavy atom. The maximum atomic E-state index is 10.8. The number of benzene rings is 1. The highest BCUT2D eigenvalue weighted by molar-refractivity contribution is 5.13.